The van der Waals surface area contributed by atoms with Crippen LogP contribution in [-0.2, 0) is 5.41 Å². The molecule has 0 unspecified atom stereocenters. The molecule has 4 heteroatoms. The molecule has 1 spiro atoms. The van der Waals surface area contributed by atoms with Crippen LogP contribution in [0.15, 0.2) is 222 Å². The molecule has 284 valence electrons. The van der Waals surface area contributed by atoms with Crippen molar-refractivity contribution in [2.45, 2.75) is 15.2 Å². The number of benzene rings is 9. The van der Waals surface area contributed by atoms with E-state index in [-0.39, 0.29) is 0 Å². The number of para-hydroxylation sites is 4. The Morgan fingerprint density at radius 1 is 0.377 bits per heavy atom. The van der Waals surface area contributed by atoms with Crippen LogP contribution < -0.4 is 0 Å². The largest absolute Gasteiger partial charge is 0.292 e. The van der Waals surface area contributed by atoms with Crippen molar-refractivity contribution >= 4 is 44.5 Å². The second-order valence-electron chi connectivity index (χ2n) is 16.1. The van der Waals surface area contributed by atoms with Gasteiger partial charge in [-0.1, -0.05) is 169 Å². The Labute approximate surface area is 357 Å². The molecule has 13 rings (SSSR count). The summed E-state index contributed by atoms with van der Waals surface area (Å²) in [5.41, 5.74) is 17.1. The maximum atomic E-state index is 5.46. The van der Waals surface area contributed by atoms with E-state index in [0.717, 1.165) is 66.8 Å². The van der Waals surface area contributed by atoms with Gasteiger partial charge in [0, 0.05) is 37.4 Å². The van der Waals surface area contributed by atoms with Gasteiger partial charge < -0.3 is 0 Å². The Morgan fingerprint density at radius 3 is 1.82 bits per heavy atom. The van der Waals surface area contributed by atoms with Crippen molar-refractivity contribution in [2.24, 2.45) is 0 Å². The van der Waals surface area contributed by atoms with Gasteiger partial charge >= 0.3 is 0 Å². The molecule has 0 amide bonds. The van der Waals surface area contributed by atoms with Crippen LogP contribution >= 0.6 is 11.8 Å². The fraction of sp³-hybridized carbons (Fsp3) is 0.0175. The van der Waals surface area contributed by atoms with Gasteiger partial charge in [0.05, 0.1) is 27.7 Å². The first kappa shape index (κ1) is 34.3. The van der Waals surface area contributed by atoms with Crippen LogP contribution in [0.2, 0.25) is 0 Å². The van der Waals surface area contributed by atoms with E-state index in [0.29, 0.717) is 0 Å². The number of aromatic nitrogens is 3. The van der Waals surface area contributed by atoms with Crippen molar-refractivity contribution in [1.29, 1.82) is 0 Å². The lowest BCUT2D eigenvalue weighted by Gasteiger charge is -2.40. The van der Waals surface area contributed by atoms with E-state index >= 15 is 0 Å². The zero-order valence-electron chi connectivity index (χ0n) is 33.0. The first-order chi connectivity index (χ1) is 30.2. The second kappa shape index (κ2) is 13.2. The predicted molar refractivity (Wildman–Crippen MR) is 252 cm³/mol. The number of imidazole rings is 1. The van der Waals surface area contributed by atoms with E-state index in [1.807, 2.05) is 11.8 Å². The molecule has 0 saturated heterocycles. The van der Waals surface area contributed by atoms with Crippen molar-refractivity contribution in [3.63, 3.8) is 0 Å². The molecule has 61 heavy (non-hydrogen) atoms. The average Bonchev–Trinajstić information content (AvgIpc) is 3.86. The molecule has 11 aromatic rings. The number of rotatable bonds is 4. The Morgan fingerprint density at radius 2 is 1.02 bits per heavy atom. The van der Waals surface area contributed by atoms with Gasteiger partial charge in [0.1, 0.15) is 5.82 Å². The van der Waals surface area contributed by atoms with Gasteiger partial charge in [-0.25, -0.2) is 9.97 Å². The molecule has 0 N–H and O–H groups in total. The van der Waals surface area contributed by atoms with E-state index < -0.39 is 5.41 Å². The van der Waals surface area contributed by atoms with Crippen molar-refractivity contribution in [1.82, 2.24) is 14.5 Å². The van der Waals surface area contributed by atoms with Gasteiger partial charge in [-0.15, -0.1) is 0 Å². The summed E-state index contributed by atoms with van der Waals surface area (Å²) in [5, 5.41) is 3.54. The third-order valence-corrected chi connectivity index (χ3v) is 14.0. The van der Waals surface area contributed by atoms with E-state index in [4.69, 9.17) is 9.97 Å². The van der Waals surface area contributed by atoms with Crippen LogP contribution in [0.4, 0.5) is 0 Å². The van der Waals surface area contributed by atoms with Crippen LogP contribution in [0.5, 0.6) is 0 Å². The minimum Gasteiger partial charge on any atom is -0.292 e. The molecule has 9 aromatic carbocycles. The Kier molecular flexibility index (Phi) is 7.45. The fourth-order valence-corrected chi connectivity index (χ4v) is 11.4. The van der Waals surface area contributed by atoms with Gasteiger partial charge in [-0.2, -0.15) is 0 Å². The van der Waals surface area contributed by atoms with Crippen LogP contribution in [0, 0.1) is 0 Å². The highest BCUT2D eigenvalue weighted by molar-refractivity contribution is 7.99. The zero-order chi connectivity index (χ0) is 40.1. The lowest BCUT2D eigenvalue weighted by molar-refractivity contribution is 0.724. The van der Waals surface area contributed by atoms with Gasteiger partial charge in [-0.3, -0.25) is 4.57 Å². The van der Waals surface area contributed by atoms with Crippen LogP contribution in [-0.4, -0.2) is 14.5 Å². The van der Waals surface area contributed by atoms with Gasteiger partial charge in [-0.05, 0) is 104 Å². The first-order valence-electron chi connectivity index (χ1n) is 20.8. The van der Waals surface area contributed by atoms with Crippen molar-refractivity contribution in [3.05, 3.63) is 235 Å². The highest BCUT2D eigenvalue weighted by Crippen LogP contribution is 2.62. The molecule has 1 aliphatic carbocycles. The van der Waals surface area contributed by atoms with E-state index in [2.05, 4.69) is 217 Å². The molecule has 2 aliphatic rings. The van der Waals surface area contributed by atoms with Gasteiger partial charge in [0.2, 0.25) is 0 Å². The van der Waals surface area contributed by atoms with Gasteiger partial charge in [0.25, 0.3) is 0 Å². The molecule has 1 aliphatic heterocycles. The topological polar surface area (TPSA) is 30.7 Å². The SMILES string of the molecule is c1ccc(-n2c(-c3ccc(-c4cccc(-c5nc6ccccc6c6cc7c(cc56)Sc5ccccc5C75c6ccccc6-c6ccccc65)c4)cc3)nc3ccccc32)cc1. The van der Waals surface area contributed by atoms with E-state index in [9.17, 15) is 0 Å². The molecular weight excluding hydrogens is 759 g/mol. The minimum absolute atomic E-state index is 0.444. The van der Waals surface area contributed by atoms with Gasteiger partial charge in [0.15, 0.2) is 0 Å². The number of hydrogen-bond acceptors (Lipinski definition) is 3. The molecule has 0 fully saturated rings. The van der Waals surface area contributed by atoms with Crippen LogP contribution in [0.1, 0.15) is 22.3 Å². The molecule has 0 bridgehead atoms. The maximum absolute atomic E-state index is 5.46. The quantitative estimate of drug-likeness (QED) is 0.166. The van der Waals surface area contributed by atoms with Crippen LogP contribution in [0.25, 0.3) is 83.3 Å². The first-order valence-corrected chi connectivity index (χ1v) is 21.6. The average molecular weight is 794 g/mol. The Hall–Kier alpha value is -7.53. The second-order valence-corrected chi connectivity index (χ2v) is 17.1. The van der Waals surface area contributed by atoms with Crippen molar-refractivity contribution in [3.8, 4) is 50.6 Å². The summed E-state index contributed by atoms with van der Waals surface area (Å²) in [7, 11) is 0. The standard InChI is InChI=1S/C57H35N3S/c1-2-17-40(18-3-1)60-52-27-12-11-26-51(52)59-56(60)37-31-29-36(30-32-37)38-15-14-16-39(33-38)55-45-35-54-49(34-44(45)43-21-6-10-25-50(43)58-55)57(48-24-9-13-28-53(48)61-54)46-22-7-4-19-41(46)42-20-5-8-23-47(42)57/h1-35H. The Balaban J connectivity index is 0.979. The molecule has 0 radical (unpaired) electrons. The molecule has 3 heterocycles. The smallest absolute Gasteiger partial charge is 0.145 e. The number of nitrogens with zero attached hydrogens (tertiary/aromatic N) is 3. The lowest BCUT2D eigenvalue weighted by atomic mass is 9.67. The zero-order valence-corrected chi connectivity index (χ0v) is 33.8. The molecule has 2 aromatic heterocycles. The summed E-state index contributed by atoms with van der Waals surface area (Å²) in [6.45, 7) is 0. The summed E-state index contributed by atoms with van der Waals surface area (Å²) in [4.78, 5) is 13.1. The predicted octanol–water partition coefficient (Wildman–Crippen LogP) is 14.6. The summed E-state index contributed by atoms with van der Waals surface area (Å²) < 4.78 is 2.25. The van der Waals surface area contributed by atoms with Crippen LogP contribution in [0.3, 0.4) is 0 Å². The lowest BCUT2D eigenvalue weighted by Crippen LogP contribution is -2.32. The fourth-order valence-electron chi connectivity index (χ4n) is 10.2. The summed E-state index contributed by atoms with van der Waals surface area (Å²) in [6, 6.07) is 77.2. The summed E-state index contributed by atoms with van der Waals surface area (Å²) in [6.07, 6.45) is 0. The molecule has 3 nitrogen and oxygen atoms in total. The molecule has 0 atom stereocenters. The third kappa shape index (κ3) is 5.00. The monoisotopic (exact) mass is 793 g/mol. The molecule has 0 saturated carbocycles. The number of pyridine rings is 1. The highest BCUT2D eigenvalue weighted by Gasteiger charge is 2.50. The normalized spacial score (nSPS) is 13.3. The minimum atomic E-state index is -0.444. The number of fused-ring (bicyclic) bond motifs is 13. The van der Waals surface area contributed by atoms with Crippen molar-refractivity contribution < 1.29 is 0 Å². The van der Waals surface area contributed by atoms with E-state index in [1.54, 1.807) is 0 Å². The molecular formula is C57H35N3S. The number of hydrogen-bond donors (Lipinski definition) is 0. The summed E-state index contributed by atoms with van der Waals surface area (Å²) >= 11 is 1.88. The van der Waals surface area contributed by atoms with E-state index in [1.165, 1.54) is 48.6 Å². The summed E-state index contributed by atoms with van der Waals surface area (Å²) in [5.74, 6) is 0.926. The maximum Gasteiger partial charge on any atom is 0.145 e. The highest BCUT2D eigenvalue weighted by atomic mass is 32.2. The Bertz CT molecular complexity index is 3520. The third-order valence-electron chi connectivity index (χ3n) is 12.9. The van der Waals surface area contributed by atoms with Crippen molar-refractivity contribution in [2.75, 3.05) is 0 Å².